The van der Waals surface area contributed by atoms with Crippen molar-refractivity contribution in [3.63, 3.8) is 0 Å². The van der Waals surface area contributed by atoms with Crippen LogP contribution in [0.3, 0.4) is 0 Å². The highest BCUT2D eigenvalue weighted by Gasteiger charge is 2.30. The molecule has 3 rings (SSSR count). The summed E-state index contributed by atoms with van der Waals surface area (Å²) in [6.45, 7) is 9.02. The molecule has 0 spiro atoms. The Morgan fingerprint density at radius 2 is 2.00 bits per heavy atom. The third-order valence-corrected chi connectivity index (χ3v) is 5.41. The zero-order valence-electron chi connectivity index (χ0n) is 14.6. The minimum absolute atomic E-state index is 0.0342. The van der Waals surface area contributed by atoms with Crippen LogP contribution < -0.4 is 5.32 Å². The van der Waals surface area contributed by atoms with Gasteiger partial charge in [-0.25, -0.2) is 4.79 Å². The van der Waals surface area contributed by atoms with Gasteiger partial charge in [-0.1, -0.05) is 18.2 Å². The SMILES string of the molecule is CC1(C)CN(C(=O)Nc2ccccc2CN2CCSCC2)CCO1. The number of benzene rings is 1. The van der Waals surface area contributed by atoms with Gasteiger partial charge in [0, 0.05) is 43.4 Å². The Kier molecular flexibility index (Phi) is 5.69. The number of anilines is 1. The molecular weight excluding hydrogens is 322 g/mol. The van der Waals surface area contributed by atoms with E-state index in [9.17, 15) is 4.79 Å². The lowest BCUT2D eigenvalue weighted by molar-refractivity contribution is -0.0720. The lowest BCUT2D eigenvalue weighted by atomic mass is 10.1. The molecule has 0 radical (unpaired) electrons. The Morgan fingerprint density at radius 1 is 1.25 bits per heavy atom. The minimum Gasteiger partial charge on any atom is -0.372 e. The Bertz CT molecular complexity index is 573. The van der Waals surface area contributed by atoms with Gasteiger partial charge < -0.3 is 15.0 Å². The van der Waals surface area contributed by atoms with Crippen molar-refractivity contribution in [1.82, 2.24) is 9.80 Å². The molecule has 0 aliphatic carbocycles. The van der Waals surface area contributed by atoms with E-state index in [4.69, 9.17) is 4.74 Å². The summed E-state index contributed by atoms with van der Waals surface area (Å²) in [6, 6.07) is 8.10. The van der Waals surface area contributed by atoms with E-state index in [-0.39, 0.29) is 11.6 Å². The normalized spacial score (nSPS) is 21.5. The summed E-state index contributed by atoms with van der Waals surface area (Å²) in [5.74, 6) is 2.38. The fourth-order valence-corrected chi connectivity index (χ4v) is 4.14. The van der Waals surface area contributed by atoms with Crippen molar-refractivity contribution < 1.29 is 9.53 Å². The van der Waals surface area contributed by atoms with Crippen molar-refractivity contribution in [3.8, 4) is 0 Å². The number of amides is 2. The van der Waals surface area contributed by atoms with Crippen molar-refractivity contribution in [2.75, 3.05) is 49.6 Å². The van der Waals surface area contributed by atoms with Gasteiger partial charge in [0.05, 0.1) is 18.8 Å². The number of morpholine rings is 1. The third-order valence-electron chi connectivity index (χ3n) is 4.47. The Hall–Kier alpha value is -1.24. The fourth-order valence-electron chi connectivity index (χ4n) is 3.16. The van der Waals surface area contributed by atoms with Crippen LogP contribution in [0.1, 0.15) is 19.4 Å². The number of ether oxygens (including phenoxy) is 1. The number of nitrogens with zero attached hydrogens (tertiary/aromatic N) is 2. The van der Waals surface area contributed by atoms with E-state index in [2.05, 4.69) is 16.3 Å². The Morgan fingerprint density at radius 3 is 2.75 bits per heavy atom. The maximum Gasteiger partial charge on any atom is 0.322 e. The number of hydrogen-bond acceptors (Lipinski definition) is 4. The summed E-state index contributed by atoms with van der Waals surface area (Å²) in [4.78, 5) is 16.9. The van der Waals surface area contributed by atoms with Gasteiger partial charge in [0.2, 0.25) is 0 Å². The number of thioether (sulfide) groups is 1. The number of urea groups is 1. The van der Waals surface area contributed by atoms with Crippen molar-refractivity contribution in [2.24, 2.45) is 0 Å². The molecular formula is C18H27N3O2S. The summed E-state index contributed by atoms with van der Waals surface area (Å²) in [5, 5.41) is 3.11. The second-order valence-electron chi connectivity index (χ2n) is 7.01. The maximum atomic E-state index is 12.6. The lowest BCUT2D eigenvalue weighted by Crippen LogP contribution is -2.51. The monoisotopic (exact) mass is 349 g/mol. The lowest BCUT2D eigenvalue weighted by Gasteiger charge is -2.38. The zero-order valence-corrected chi connectivity index (χ0v) is 15.4. The fraction of sp³-hybridized carbons (Fsp3) is 0.611. The molecule has 0 bridgehead atoms. The highest BCUT2D eigenvalue weighted by Crippen LogP contribution is 2.22. The van der Waals surface area contributed by atoms with E-state index in [0.29, 0.717) is 19.7 Å². The Labute approximate surface area is 148 Å². The second-order valence-corrected chi connectivity index (χ2v) is 8.23. The van der Waals surface area contributed by atoms with E-state index in [1.807, 2.05) is 48.7 Å². The molecule has 132 valence electrons. The van der Waals surface area contributed by atoms with E-state index in [1.54, 1.807) is 0 Å². The summed E-state index contributed by atoms with van der Waals surface area (Å²) < 4.78 is 5.69. The molecule has 1 aromatic rings. The van der Waals surface area contributed by atoms with Crippen LogP contribution in [0.5, 0.6) is 0 Å². The zero-order chi connectivity index (χ0) is 17.0. The summed E-state index contributed by atoms with van der Waals surface area (Å²) in [7, 11) is 0. The first-order valence-electron chi connectivity index (χ1n) is 8.61. The van der Waals surface area contributed by atoms with Gasteiger partial charge in [-0.15, -0.1) is 0 Å². The predicted octanol–water partition coefficient (Wildman–Crippen LogP) is 2.88. The van der Waals surface area contributed by atoms with Gasteiger partial charge >= 0.3 is 6.03 Å². The largest absolute Gasteiger partial charge is 0.372 e. The molecule has 2 aliphatic heterocycles. The molecule has 0 unspecified atom stereocenters. The highest BCUT2D eigenvalue weighted by molar-refractivity contribution is 7.99. The molecule has 2 saturated heterocycles. The smallest absolute Gasteiger partial charge is 0.322 e. The average molecular weight is 350 g/mol. The topological polar surface area (TPSA) is 44.8 Å². The first-order valence-corrected chi connectivity index (χ1v) is 9.77. The molecule has 5 nitrogen and oxygen atoms in total. The van der Waals surface area contributed by atoms with Crippen molar-refractivity contribution in [1.29, 1.82) is 0 Å². The van der Waals surface area contributed by atoms with Crippen LogP contribution in [0, 0.1) is 0 Å². The molecule has 24 heavy (non-hydrogen) atoms. The van der Waals surface area contributed by atoms with Gasteiger partial charge in [0.25, 0.3) is 0 Å². The number of para-hydroxylation sites is 1. The van der Waals surface area contributed by atoms with Crippen LogP contribution in [0.25, 0.3) is 0 Å². The molecule has 1 aromatic carbocycles. The van der Waals surface area contributed by atoms with E-state index in [0.717, 1.165) is 25.3 Å². The molecule has 2 heterocycles. The van der Waals surface area contributed by atoms with Crippen LogP contribution >= 0.6 is 11.8 Å². The Balaban J connectivity index is 1.65. The average Bonchev–Trinajstić information content (AvgIpc) is 2.56. The third kappa shape index (κ3) is 4.65. The summed E-state index contributed by atoms with van der Waals surface area (Å²) >= 11 is 2.01. The minimum atomic E-state index is -0.277. The van der Waals surface area contributed by atoms with Gasteiger partial charge in [-0.05, 0) is 25.5 Å². The summed E-state index contributed by atoms with van der Waals surface area (Å²) in [5.41, 5.74) is 1.83. The van der Waals surface area contributed by atoms with Crippen LogP contribution in [-0.2, 0) is 11.3 Å². The first-order chi connectivity index (χ1) is 11.5. The number of nitrogens with one attached hydrogen (secondary N) is 1. The summed E-state index contributed by atoms with van der Waals surface area (Å²) in [6.07, 6.45) is 0. The number of carbonyl (C=O) groups excluding carboxylic acids is 1. The van der Waals surface area contributed by atoms with Crippen molar-refractivity contribution in [2.45, 2.75) is 26.0 Å². The van der Waals surface area contributed by atoms with E-state index in [1.165, 1.54) is 17.1 Å². The van der Waals surface area contributed by atoms with Gasteiger partial charge in [-0.2, -0.15) is 11.8 Å². The molecule has 0 saturated carbocycles. The molecule has 6 heteroatoms. The standard InChI is InChI=1S/C18H27N3O2S/c1-18(2)14-21(7-10-23-18)17(22)19-16-6-4-3-5-15(16)13-20-8-11-24-12-9-20/h3-6H,7-14H2,1-2H3,(H,19,22). The molecule has 2 fully saturated rings. The molecule has 0 aromatic heterocycles. The molecule has 2 amide bonds. The van der Waals surface area contributed by atoms with Crippen LogP contribution in [0.15, 0.2) is 24.3 Å². The molecule has 0 atom stereocenters. The number of carbonyl (C=O) groups is 1. The van der Waals surface area contributed by atoms with Crippen LogP contribution in [-0.4, -0.2) is 65.7 Å². The van der Waals surface area contributed by atoms with Crippen LogP contribution in [0.2, 0.25) is 0 Å². The van der Waals surface area contributed by atoms with E-state index >= 15 is 0 Å². The van der Waals surface area contributed by atoms with Gasteiger partial charge in [-0.3, -0.25) is 4.90 Å². The van der Waals surface area contributed by atoms with Gasteiger partial charge in [0.1, 0.15) is 0 Å². The second kappa shape index (κ2) is 7.76. The van der Waals surface area contributed by atoms with Crippen molar-refractivity contribution in [3.05, 3.63) is 29.8 Å². The van der Waals surface area contributed by atoms with E-state index < -0.39 is 0 Å². The van der Waals surface area contributed by atoms with Crippen molar-refractivity contribution >= 4 is 23.5 Å². The highest BCUT2D eigenvalue weighted by atomic mass is 32.2. The van der Waals surface area contributed by atoms with Crippen LogP contribution in [0.4, 0.5) is 10.5 Å². The number of rotatable bonds is 3. The number of hydrogen-bond donors (Lipinski definition) is 1. The maximum absolute atomic E-state index is 12.6. The first kappa shape index (κ1) is 17.6. The predicted molar refractivity (Wildman–Crippen MR) is 99.7 cm³/mol. The quantitative estimate of drug-likeness (QED) is 0.911. The molecule has 1 N–H and O–H groups in total. The molecule has 2 aliphatic rings. The van der Waals surface area contributed by atoms with Gasteiger partial charge in [0.15, 0.2) is 0 Å².